The van der Waals surface area contributed by atoms with Crippen LogP contribution in [0.15, 0.2) is 78.9 Å². The molecule has 0 aromatic heterocycles. The Kier molecular flexibility index (Phi) is 6.41. The van der Waals surface area contributed by atoms with Crippen molar-refractivity contribution in [3.63, 3.8) is 0 Å². The number of ether oxygens (including phenoxy) is 2. The van der Waals surface area contributed by atoms with E-state index in [9.17, 15) is 9.59 Å². The Labute approximate surface area is 163 Å². The van der Waals surface area contributed by atoms with Crippen LogP contribution in [0.1, 0.15) is 21.5 Å². The molecule has 142 valence electrons. The zero-order valence-electron chi connectivity index (χ0n) is 15.6. The first-order valence-electron chi connectivity index (χ1n) is 8.91. The van der Waals surface area contributed by atoms with Gasteiger partial charge in [-0.25, -0.2) is 4.79 Å². The average Bonchev–Trinajstić information content (AvgIpc) is 2.73. The van der Waals surface area contributed by atoms with E-state index in [0.717, 1.165) is 16.8 Å². The number of amides is 1. The van der Waals surface area contributed by atoms with Crippen LogP contribution in [0.2, 0.25) is 0 Å². The van der Waals surface area contributed by atoms with E-state index in [1.54, 1.807) is 24.3 Å². The molecule has 0 saturated carbocycles. The van der Waals surface area contributed by atoms with Crippen molar-refractivity contribution in [2.75, 3.05) is 11.9 Å². The molecule has 0 saturated heterocycles. The number of rotatable bonds is 7. The van der Waals surface area contributed by atoms with Gasteiger partial charge in [0, 0.05) is 11.3 Å². The predicted molar refractivity (Wildman–Crippen MR) is 107 cm³/mol. The molecule has 0 aliphatic rings. The van der Waals surface area contributed by atoms with Crippen LogP contribution in [0.4, 0.5) is 5.69 Å². The monoisotopic (exact) mass is 375 g/mol. The van der Waals surface area contributed by atoms with Gasteiger partial charge in [-0.3, -0.25) is 4.79 Å². The molecular formula is C23H21NO4. The summed E-state index contributed by atoms with van der Waals surface area (Å²) >= 11 is 0. The first kappa shape index (κ1) is 19.2. The van der Waals surface area contributed by atoms with E-state index in [4.69, 9.17) is 9.47 Å². The lowest BCUT2D eigenvalue weighted by Gasteiger charge is -2.09. The molecule has 1 N–H and O–H groups in total. The van der Waals surface area contributed by atoms with Gasteiger partial charge in [-0.15, -0.1) is 0 Å². The second-order valence-electron chi connectivity index (χ2n) is 6.23. The summed E-state index contributed by atoms with van der Waals surface area (Å²) in [6.07, 6.45) is 0. The van der Waals surface area contributed by atoms with Gasteiger partial charge in [0.15, 0.2) is 6.61 Å². The Bertz CT molecular complexity index is 936. The number of hydrogen-bond donors (Lipinski definition) is 1. The fourth-order valence-corrected chi connectivity index (χ4v) is 2.54. The number of anilines is 1. The highest BCUT2D eigenvalue weighted by Gasteiger charge is 2.08. The molecule has 0 heterocycles. The summed E-state index contributed by atoms with van der Waals surface area (Å²) in [5.41, 5.74) is 3.01. The van der Waals surface area contributed by atoms with Gasteiger partial charge in [0.05, 0.1) is 0 Å². The molecule has 0 spiro atoms. The van der Waals surface area contributed by atoms with Gasteiger partial charge < -0.3 is 14.8 Å². The van der Waals surface area contributed by atoms with E-state index in [1.807, 2.05) is 61.5 Å². The molecule has 5 nitrogen and oxygen atoms in total. The summed E-state index contributed by atoms with van der Waals surface area (Å²) in [7, 11) is 0. The van der Waals surface area contributed by atoms with Gasteiger partial charge in [-0.2, -0.15) is 0 Å². The highest BCUT2D eigenvalue weighted by molar-refractivity contribution is 6.04. The molecule has 0 atom stereocenters. The molecule has 0 unspecified atom stereocenters. The van der Waals surface area contributed by atoms with E-state index in [-0.39, 0.29) is 19.1 Å². The first-order chi connectivity index (χ1) is 13.6. The summed E-state index contributed by atoms with van der Waals surface area (Å²) in [6.45, 7) is 1.88. The van der Waals surface area contributed by atoms with E-state index < -0.39 is 5.97 Å². The third-order valence-electron chi connectivity index (χ3n) is 4.09. The second-order valence-corrected chi connectivity index (χ2v) is 6.23. The van der Waals surface area contributed by atoms with Crippen molar-refractivity contribution in [2.24, 2.45) is 0 Å². The maximum atomic E-state index is 12.2. The lowest BCUT2D eigenvalue weighted by molar-refractivity contribution is -0.147. The largest absolute Gasteiger partial charge is 0.482 e. The van der Waals surface area contributed by atoms with Gasteiger partial charge in [0.1, 0.15) is 12.4 Å². The minimum absolute atomic E-state index is 0.122. The fraction of sp³-hybridized carbons (Fsp3) is 0.130. The quantitative estimate of drug-likeness (QED) is 0.623. The van der Waals surface area contributed by atoms with Crippen molar-refractivity contribution < 1.29 is 19.1 Å². The normalized spacial score (nSPS) is 10.2. The Balaban J connectivity index is 1.47. The Morgan fingerprint density at radius 2 is 1.54 bits per heavy atom. The van der Waals surface area contributed by atoms with Crippen molar-refractivity contribution in [2.45, 2.75) is 13.5 Å². The second kappa shape index (κ2) is 9.37. The Hall–Kier alpha value is -3.60. The van der Waals surface area contributed by atoms with Crippen LogP contribution in [-0.4, -0.2) is 18.5 Å². The molecular weight excluding hydrogens is 354 g/mol. The maximum Gasteiger partial charge on any atom is 0.344 e. The topological polar surface area (TPSA) is 64.6 Å². The zero-order valence-corrected chi connectivity index (χ0v) is 15.6. The third kappa shape index (κ3) is 5.45. The Morgan fingerprint density at radius 1 is 0.857 bits per heavy atom. The minimum atomic E-state index is -0.450. The third-order valence-corrected chi connectivity index (χ3v) is 4.09. The van der Waals surface area contributed by atoms with Crippen LogP contribution >= 0.6 is 0 Å². The van der Waals surface area contributed by atoms with Crippen LogP contribution < -0.4 is 10.1 Å². The van der Waals surface area contributed by atoms with Crippen molar-refractivity contribution in [3.8, 4) is 5.75 Å². The van der Waals surface area contributed by atoms with Gasteiger partial charge in [-0.1, -0.05) is 48.5 Å². The molecule has 0 radical (unpaired) electrons. The lowest BCUT2D eigenvalue weighted by atomic mass is 10.1. The number of hydrogen-bond acceptors (Lipinski definition) is 4. The molecule has 1 amide bonds. The summed E-state index contributed by atoms with van der Waals surface area (Å²) in [5.74, 6) is 0.0174. The van der Waals surface area contributed by atoms with E-state index in [0.29, 0.717) is 11.3 Å². The van der Waals surface area contributed by atoms with E-state index in [1.165, 1.54) is 0 Å². The molecule has 5 heteroatoms. The number of nitrogens with one attached hydrogen (secondary N) is 1. The van der Waals surface area contributed by atoms with E-state index >= 15 is 0 Å². The Morgan fingerprint density at radius 3 is 2.25 bits per heavy atom. The summed E-state index contributed by atoms with van der Waals surface area (Å²) in [4.78, 5) is 24.1. The number of benzene rings is 3. The number of aryl methyl sites for hydroxylation is 1. The minimum Gasteiger partial charge on any atom is -0.482 e. The maximum absolute atomic E-state index is 12.2. The number of carbonyl (C=O) groups is 2. The molecule has 0 fully saturated rings. The van der Waals surface area contributed by atoms with Crippen LogP contribution in [-0.2, 0) is 16.1 Å². The van der Waals surface area contributed by atoms with Crippen LogP contribution in [0.5, 0.6) is 5.75 Å². The fourth-order valence-electron chi connectivity index (χ4n) is 2.54. The van der Waals surface area contributed by atoms with Gasteiger partial charge in [0.25, 0.3) is 5.91 Å². The predicted octanol–water partition coefficient (Wildman–Crippen LogP) is 4.37. The van der Waals surface area contributed by atoms with E-state index in [2.05, 4.69) is 5.32 Å². The average molecular weight is 375 g/mol. The molecule has 3 aromatic rings. The van der Waals surface area contributed by atoms with Gasteiger partial charge in [0.2, 0.25) is 0 Å². The van der Waals surface area contributed by atoms with Crippen molar-refractivity contribution in [3.05, 3.63) is 95.6 Å². The van der Waals surface area contributed by atoms with Crippen molar-refractivity contribution in [1.29, 1.82) is 0 Å². The molecule has 3 rings (SSSR count). The van der Waals surface area contributed by atoms with Crippen LogP contribution in [0.3, 0.4) is 0 Å². The number of esters is 1. The summed E-state index contributed by atoms with van der Waals surface area (Å²) in [5, 5.41) is 2.82. The van der Waals surface area contributed by atoms with Crippen LogP contribution in [0, 0.1) is 6.92 Å². The summed E-state index contributed by atoms with van der Waals surface area (Å²) < 4.78 is 10.7. The van der Waals surface area contributed by atoms with Gasteiger partial charge in [-0.05, 0) is 48.4 Å². The number of para-hydroxylation sites is 2. The smallest absolute Gasteiger partial charge is 0.344 e. The van der Waals surface area contributed by atoms with Crippen molar-refractivity contribution in [1.82, 2.24) is 0 Å². The molecule has 28 heavy (non-hydrogen) atoms. The SMILES string of the molecule is Cc1ccccc1OCC(=O)OCc1ccc(C(=O)Nc2ccccc2)cc1. The molecule has 0 aliphatic heterocycles. The van der Waals surface area contributed by atoms with Crippen molar-refractivity contribution >= 4 is 17.6 Å². The highest BCUT2D eigenvalue weighted by atomic mass is 16.6. The standard InChI is InChI=1S/C23H21NO4/c1-17-7-5-6-10-21(17)27-16-22(25)28-15-18-11-13-19(14-12-18)23(26)24-20-8-3-2-4-9-20/h2-14H,15-16H2,1H3,(H,24,26). The number of carbonyl (C=O) groups excluding carboxylic acids is 2. The summed E-state index contributed by atoms with van der Waals surface area (Å²) in [6, 6.07) is 23.6. The zero-order chi connectivity index (χ0) is 19.8. The first-order valence-corrected chi connectivity index (χ1v) is 8.91. The van der Waals surface area contributed by atoms with Gasteiger partial charge >= 0.3 is 5.97 Å². The lowest BCUT2D eigenvalue weighted by Crippen LogP contribution is -2.15. The molecule has 0 aliphatic carbocycles. The van der Waals surface area contributed by atoms with Crippen LogP contribution in [0.25, 0.3) is 0 Å². The molecule has 3 aromatic carbocycles. The highest BCUT2D eigenvalue weighted by Crippen LogP contribution is 2.16. The molecule has 0 bridgehead atoms.